The quantitative estimate of drug-likeness (QED) is 0.835. The van der Waals surface area contributed by atoms with Gasteiger partial charge in [0.15, 0.2) is 0 Å². The van der Waals surface area contributed by atoms with Crippen LogP contribution in [-0.4, -0.2) is 31.1 Å². The van der Waals surface area contributed by atoms with Gasteiger partial charge in [-0.25, -0.2) is 0 Å². The largest absolute Gasteiger partial charge is 0.384 e. The van der Waals surface area contributed by atoms with Crippen LogP contribution in [0, 0.1) is 0 Å². The van der Waals surface area contributed by atoms with E-state index in [0.29, 0.717) is 0 Å². The molecule has 86 valence electrons. The minimum atomic E-state index is 0.733. The second kappa shape index (κ2) is 4.46. The summed E-state index contributed by atoms with van der Waals surface area (Å²) in [7, 11) is 0. The first kappa shape index (κ1) is 10.2. The lowest BCUT2D eigenvalue weighted by molar-refractivity contribution is 0.324. The van der Waals surface area contributed by atoms with Crippen molar-refractivity contribution in [2.75, 3.05) is 31.5 Å². The summed E-state index contributed by atoms with van der Waals surface area (Å²) in [6.45, 7) is 5.05. The number of rotatable bonds is 3. The van der Waals surface area contributed by atoms with Crippen LogP contribution >= 0.6 is 0 Å². The monoisotopic (exact) mass is 216 g/mol. The van der Waals surface area contributed by atoms with Gasteiger partial charge in [-0.2, -0.15) is 0 Å². The Bertz CT molecular complexity index is 356. The van der Waals surface area contributed by atoms with Gasteiger partial charge in [0, 0.05) is 18.2 Å². The predicted molar refractivity (Wildman–Crippen MR) is 68.0 cm³/mol. The van der Waals surface area contributed by atoms with Crippen molar-refractivity contribution >= 4 is 5.69 Å². The van der Waals surface area contributed by atoms with Crippen LogP contribution in [0.25, 0.3) is 0 Å². The zero-order chi connectivity index (χ0) is 10.8. The lowest BCUT2D eigenvalue weighted by atomic mass is 9.98. The highest BCUT2D eigenvalue weighted by molar-refractivity contribution is 5.57. The van der Waals surface area contributed by atoms with Crippen LogP contribution in [0.1, 0.15) is 30.7 Å². The number of nitrogens with one attached hydrogen (secondary N) is 1. The predicted octanol–water partition coefficient (Wildman–Crippen LogP) is 2.68. The van der Waals surface area contributed by atoms with Gasteiger partial charge in [0.25, 0.3) is 0 Å². The average Bonchev–Trinajstić information content (AvgIpc) is 2.96. The molecule has 0 aliphatic carbocycles. The summed E-state index contributed by atoms with van der Waals surface area (Å²) in [6, 6.07) is 8.76. The standard InChI is InChI=1S/C14H20N2/c1-2-6-14-13(5-1)12(11-15-14)7-10-16-8-3-4-9-16/h1-2,5-6,12,15H,3-4,7-11H2. The number of nitrogens with zero attached hydrogens (tertiary/aromatic N) is 1. The summed E-state index contributed by atoms with van der Waals surface area (Å²) in [5.41, 5.74) is 2.88. The van der Waals surface area contributed by atoms with Crippen molar-refractivity contribution in [2.45, 2.75) is 25.2 Å². The van der Waals surface area contributed by atoms with Crippen molar-refractivity contribution in [3.8, 4) is 0 Å². The Morgan fingerprint density at radius 1 is 1.19 bits per heavy atom. The van der Waals surface area contributed by atoms with Crippen LogP contribution in [0.15, 0.2) is 24.3 Å². The van der Waals surface area contributed by atoms with Crippen LogP contribution < -0.4 is 5.32 Å². The molecule has 2 nitrogen and oxygen atoms in total. The molecule has 1 aromatic carbocycles. The molecule has 0 aromatic heterocycles. The first-order valence-electron chi connectivity index (χ1n) is 6.48. The minimum Gasteiger partial charge on any atom is -0.384 e. The van der Waals surface area contributed by atoms with E-state index in [-0.39, 0.29) is 0 Å². The second-order valence-corrected chi connectivity index (χ2v) is 5.00. The summed E-state index contributed by atoms with van der Waals surface area (Å²) in [6.07, 6.45) is 4.11. The van der Waals surface area contributed by atoms with E-state index in [9.17, 15) is 0 Å². The highest BCUT2D eigenvalue weighted by atomic mass is 15.1. The highest BCUT2D eigenvalue weighted by Crippen LogP contribution is 2.33. The van der Waals surface area contributed by atoms with Gasteiger partial charge in [-0.15, -0.1) is 0 Å². The zero-order valence-electron chi connectivity index (χ0n) is 9.78. The molecule has 2 aliphatic rings. The van der Waals surface area contributed by atoms with Crippen molar-refractivity contribution in [2.24, 2.45) is 0 Å². The van der Waals surface area contributed by atoms with Crippen LogP contribution in [0.3, 0.4) is 0 Å². The van der Waals surface area contributed by atoms with Crippen LogP contribution in [0.2, 0.25) is 0 Å². The molecule has 1 N–H and O–H groups in total. The van der Waals surface area contributed by atoms with Gasteiger partial charge >= 0.3 is 0 Å². The molecule has 1 fully saturated rings. The lowest BCUT2D eigenvalue weighted by Crippen LogP contribution is -2.22. The molecule has 1 atom stereocenters. The molecule has 0 amide bonds. The number of anilines is 1. The van der Waals surface area contributed by atoms with Gasteiger partial charge in [-0.05, 0) is 50.5 Å². The van der Waals surface area contributed by atoms with E-state index in [0.717, 1.165) is 12.5 Å². The SMILES string of the molecule is c1ccc2c(c1)NCC2CCN1CCCC1. The van der Waals surface area contributed by atoms with E-state index in [4.69, 9.17) is 0 Å². The molecule has 1 saturated heterocycles. The van der Waals surface area contributed by atoms with Gasteiger partial charge in [0.2, 0.25) is 0 Å². The zero-order valence-corrected chi connectivity index (χ0v) is 9.78. The number of benzene rings is 1. The van der Waals surface area contributed by atoms with E-state index in [1.54, 1.807) is 0 Å². The van der Waals surface area contributed by atoms with Gasteiger partial charge in [-0.3, -0.25) is 0 Å². The number of para-hydroxylation sites is 1. The van der Waals surface area contributed by atoms with E-state index in [1.165, 1.54) is 50.1 Å². The topological polar surface area (TPSA) is 15.3 Å². The van der Waals surface area contributed by atoms with E-state index in [1.807, 2.05) is 0 Å². The number of hydrogen-bond acceptors (Lipinski definition) is 2. The van der Waals surface area contributed by atoms with Crippen LogP contribution in [0.5, 0.6) is 0 Å². The Morgan fingerprint density at radius 2 is 2.00 bits per heavy atom. The molecule has 16 heavy (non-hydrogen) atoms. The summed E-state index contributed by atoms with van der Waals surface area (Å²) < 4.78 is 0. The van der Waals surface area contributed by atoms with Crippen molar-refractivity contribution in [3.63, 3.8) is 0 Å². The van der Waals surface area contributed by atoms with Crippen molar-refractivity contribution in [3.05, 3.63) is 29.8 Å². The highest BCUT2D eigenvalue weighted by Gasteiger charge is 2.22. The number of likely N-dealkylation sites (tertiary alicyclic amines) is 1. The first-order chi connectivity index (χ1) is 7.93. The maximum absolute atomic E-state index is 3.51. The van der Waals surface area contributed by atoms with E-state index >= 15 is 0 Å². The Hall–Kier alpha value is -1.02. The summed E-state index contributed by atoms with van der Waals surface area (Å²) in [5.74, 6) is 0.733. The number of hydrogen-bond donors (Lipinski definition) is 1. The van der Waals surface area contributed by atoms with Crippen molar-refractivity contribution < 1.29 is 0 Å². The van der Waals surface area contributed by atoms with Crippen molar-refractivity contribution in [1.29, 1.82) is 0 Å². The third kappa shape index (κ3) is 1.94. The molecule has 2 heteroatoms. The Labute approximate surface area is 97.6 Å². The molecule has 0 spiro atoms. The van der Waals surface area contributed by atoms with Crippen LogP contribution in [-0.2, 0) is 0 Å². The average molecular weight is 216 g/mol. The Morgan fingerprint density at radius 3 is 2.88 bits per heavy atom. The smallest absolute Gasteiger partial charge is 0.0376 e. The molecule has 1 unspecified atom stereocenters. The fourth-order valence-electron chi connectivity index (χ4n) is 2.96. The normalized spacial score (nSPS) is 24.4. The third-order valence-corrected chi connectivity index (χ3v) is 3.93. The van der Waals surface area contributed by atoms with Gasteiger partial charge < -0.3 is 10.2 Å². The fraction of sp³-hybridized carbons (Fsp3) is 0.571. The molecular weight excluding hydrogens is 196 g/mol. The minimum absolute atomic E-state index is 0.733. The van der Waals surface area contributed by atoms with Crippen molar-refractivity contribution in [1.82, 2.24) is 4.90 Å². The molecular formula is C14H20N2. The summed E-state index contributed by atoms with van der Waals surface area (Å²) in [5, 5.41) is 3.51. The molecule has 0 radical (unpaired) electrons. The van der Waals surface area contributed by atoms with Crippen LogP contribution in [0.4, 0.5) is 5.69 Å². The molecule has 2 heterocycles. The van der Waals surface area contributed by atoms with Gasteiger partial charge in [-0.1, -0.05) is 18.2 Å². The fourth-order valence-corrected chi connectivity index (χ4v) is 2.96. The first-order valence-corrected chi connectivity index (χ1v) is 6.48. The van der Waals surface area contributed by atoms with Gasteiger partial charge in [0.1, 0.15) is 0 Å². The number of fused-ring (bicyclic) bond motifs is 1. The molecule has 2 aliphatic heterocycles. The second-order valence-electron chi connectivity index (χ2n) is 5.00. The lowest BCUT2D eigenvalue weighted by Gasteiger charge is -2.17. The van der Waals surface area contributed by atoms with E-state index < -0.39 is 0 Å². The molecule has 0 saturated carbocycles. The Kier molecular flexibility index (Phi) is 2.83. The maximum atomic E-state index is 3.51. The molecule has 0 bridgehead atoms. The molecule has 3 rings (SSSR count). The van der Waals surface area contributed by atoms with Gasteiger partial charge in [0.05, 0.1) is 0 Å². The Balaban J connectivity index is 1.60. The third-order valence-electron chi connectivity index (χ3n) is 3.93. The summed E-state index contributed by atoms with van der Waals surface area (Å²) >= 11 is 0. The molecule has 1 aromatic rings. The summed E-state index contributed by atoms with van der Waals surface area (Å²) in [4.78, 5) is 2.61. The maximum Gasteiger partial charge on any atom is 0.0376 e. The van der Waals surface area contributed by atoms with E-state index in [2.05, 4.69) is 34.5 Å².